The summed E-state index contributed by atoms with van der Waals surface area (Å²) in [5, 5.41) is 14.4. The van der Waals surface area contributed by atoms with Gasteiger partial charge in [-0.1, -0.05) is 12.1 Å². The molecule has 0 aromatic carbocycles. The smallest absolute Gasteiger partial charge is 0.246 e. The lowest BCUT2D eigenvalue weighted by Gasteiger charge is -2.14. The van der Waals surface area contributed by atoms with Crippen LogP contribution in [-0.4, -0.2) is 29.7 Å². The zero-order valence-electron chi connectivity index (χ0n) is 12.3. The lowest BCUT2D eigenvalue weighted by Crippen LogP contribution is -2.38. The van der Waals surface area contributed by atoms with Gasteiger partial charge in [0.25, 0.3) is 0 Å². The molecule has 1 atom stereocenters. The predicted molar refractivity (Wildman–Crippen MR) is 95.4 cm³/mol. The molecule has 116 valence electrons. The minimum absolute atomic E-state index is 0. The molecule has 2 heterocycles. The van der Waals surface area contributed by atoms with Crippen molar-refractivity contribution < 1.29 is 4.52 Å². The maximum Gasteiger partial charge on any atom is 0.246 e. The van der Waals surface area contributed by atoms with Gasteiger partial charge in [-0.25, -0.2) is 0 Å². The summed E-state index contributed by atoms with van der Waals surface area (Å²) in [5.41, 5.74) is 1.34. The Morgan fingerprint density at radius 1 is 1.48 bits per heavy atom. The topological polar surface area (TPSA) is 75.3 Å². The van der Waals surface area contributed by atoms with E-state index in [1.807, 2.05) is 0 Å². The third-order valence-electron chi connectivity index (χ3n) is 2.89. The Morgan fingerprint density at radius 2 is 2.29 bits per heavy atom. The van der Waals surface area contributed by atoms with Crippen LogP contribution in [0.25, 0.3) is 0 Å². The molecule has 2 aromatic heterocycles. The van der Waals surface area contributed by atoms with Gasteiger partial charge >= 0.3 is 0 Å². The Morgan fingerprint density at radius 3 is 2.86 bits per heavy atom. The van der Waals surface area contributed by atoms with Gasteiger partial charge < -0.3 is 15.2 Å². The zero-order chi connectivity index (χ0) is 14.4. The Hall–Kier alpha value is -1.16. The summed E-state index contributed by atoms with van der Waals surface area (Å²) in [4.78, 5) is 8.30. The van der Waals surface area contributed by atoms with Crippen molar-refractivity contribution in [1.29, 1.82) is 0 Å². The van der Waals surface area contributed by atoms with E-state index in [-0.39, 0.29) is 24.0 Å². The number of aromatic nitrogens is 2. The average molecular weight is 421 g/mol. The molecule has 0 fully saturated rings. The van der Waals surface area contributed by atoms with Gasteiger partial charge in [0.2, 0.25) is 5.89 Å². The number of thiophene rings is 1. The Kier molecular flexibility index (Phi) is 7.65. The molecule has 0 saturated heterocycles. The van der Waals surface area contributed by atoms with E-state index in [0.29, 0.717) is 24.2 Å². The first kappa shape index (κ1) is 17.9. The second-order valence-corrected chi connectivity index (χ2v) is 5.28. The highest BCUT2D eigenvalue weighted by molar-refractivity contribution is 14.0. The summed E-state index contributed by atoms with van der Waals surface area (Å²) in [6, 6.07) is 2.15. The largest absolute Gasteiger partial charge is 0.356 e. The molecule has 0 spiro atoms. The van der Waals surface area contributed by atoms with E-state index in [4.69, 9.17) is 4.52 Å². The van der Waals surface area contributed by atoms with Crippen LogP contribution in [0.3, 0.4) is 0 Å². The fraction of sp³-hybridized carbons (Fsp3) is 0.462. The van der Waals surface area contributed by atoms with Crippen molar-refractivity contribution in [2.45, 2.75) is 26.3 Å². The quantitative estimate of drug-likeness (QED) is 0.441. The molecule has 0 aliphatic rings. The zero-order valence-corrected chi connectivity index (χ0v) is 15.4. The minimum Gasteiger partial charge on any atom is -0.356 e. The number of rotatable bonds is 5. The van der Waals surface area contributed by atoms with Crippen molar-refractivity contribution >= 4 is 41.3 Å². The van der Waals surface area contributed by atoms with Crippen molar-refractivity contribution in [3.63, 3.8) is 0 Å². The van der Waals surface area contributed by atoms with Gasteiger partial charge in [-0.2, -0.15) is 16.3 Å². The van der Waals surface area contributed by atoms with E-state index < -0.39 is 0 Å². The van der Waals surface area contributed by atoms with Crippen LogP contribution < -0.4 is 10.6 Å². The van der Waals surface area contributed by atoms with Crippen LogP contribution in [0.2, 0.25) is 0 Å². The van der Waals surface area contributed by atoms with Crippen LogP contribution in [0.5, 0.6) is 0 Å². The predicted octanol–water partition coefficient (Wildman–Crippen LogP) is 2.53. The molecule has 0 amide bonds. The van der Waals surface area contributed by atoms with Crippen LogP contribution in [0, 0.1) is 6.92 Å². The molecule has 1 unspecified atom stereocenters. The number of nitrogens with one attached hydrogen (secondary N) is 2. The number of nitrogens with zero attached hydrogens (tertiary/aromatic N) is 3. The summed E-state index contributed by atoms with van der Waals surface area (Å²) in [6.07, 6.45) is 0. The molecule has 2 N–H and O–H groups in total. The summed E-state index contributed by atoms with van der Waals surface area (Å²) in [6.45, 7) is 5.26. The maximum atomic E-state index is 5.04. The number of guanidine groups is 1. The summed E-state index contributed by atoms with van der Waals surface area (Å²) in [7, 11) is 1.74. The number of aliphatic imine (C=N–C) groups is 1. The summed E-state index contributed by atoms with van der Waals surface area (Å²) >= 11 is 1.72. The van der Waals surface area contributed by atoms with Gasteiger partial charge in [-0.05, 0) is 35.2 Å². The molecule has 0 saturated carbocycles. The molecule has 21 heavy (non-hydrogen) atoms. The van der Waals surface area contributed by atoms with Crippen molar-refractivity contribution in [1.82, 2.24) is 20.8 Å². The summed E-state index contributed by atoms with van der Waals surface area (Å²) in [5.74, 6) is 2.35. The number of hydrogen-bond acceptors (Lipinski definition) is 5. The standard InChI is InChI=1S/C13H19N5OS.HI/c1-9(11-4-5-20-8-11)6-15-13(14-3)16-7-12-17-10(2)18-19-12;/h4-5,8-9H,6-7H2,1-3H3,(H2,14,15,16);1H. The van der Waals surface area contributed by atoms with Crippen LogP contribution in [-0.2, 0) is 6.54 Å². The van der Waals surface area contributed by atoms with Gasteiger partial charge in [-0.3, -0.25) is 4.99 Å². The van der Waals surface area contributed by atoms with Crippen LogP contribution in [0.15, 0.2) is 26.3 Å². The average Bonchev–Trinajstić information content (AvgIpc) is 3.10. The highest BCUT2D eigenvalue weighted by Crippen LogP contribution is 2.16. The molecular weight excluding hydrogens is 401 g/mol. The summed E-state index contributed by atoms with van der Waals surface area (Å²) < 4.78 is 5.04. The van der Waals surface area contributed by atoms with Gasteiger partial charge in [0.05, 0.1) is 6.54 Å². The van der Waals surface area contributed by atoms with E-state index in [1.54, 1.807) is 25.3 Å². The van der Waals surface area contributed by atoms with Gasteiger partial charge in [0, 0.05) is 13.6 Å². The highest BCUT2D eigenvalue weighted by atomic mass is 127. The van der Waals surface area contributed by atoms with Gasteiger partial charge in [0.1, 0.15) is 0 Å². The number of hydrogen-bond donors (Lipinski definition) is 2. The van der Waals surface area contributed by atoms with Crippen molar-refractivity contribution in [3.8, 4) is 0 Å². The van der Waals surface area contributed by atoms with Crippen LogP contribution in [0.1, 0.15) is 30.1 Å². The molecule has 0 aliphatic heterocycles. The lowest BCUT2D eigenvalue weighted by atomic mass is 10.1. The molecule has 8 heteroatoms. The Bertz CT molecular complexity index is 555. The molecule has 6 nitrogen and oxygen atoms in total. The maximum absolute atomic E-state index is 5.04. The second kappa shape index (κ2) is 8.98. The molecular formula is C13H20IN5OS. The fourth-order valence-corrected chi connectivity index (χ4v) is 2.50. The van der Waals surface area contributed by atoms with E-state index in [9.17, 15) is 0 Å². The van der Waals surface area contributed by atoms with E-state index in [0.717, 1.165) is 12.5 Å². The van der Waals surface area contributed by atoms with Crippen molar-refractivity contribution in [3.05, 3.63) is 34.1 Å². The minimum atomic E-state index is 0. The van der Waals surface area contributed by atoms with Crippen molar-refractivity contribution in [2.24, 2.45) is 4.99 Å². The van der Waals surface area contributed by atoms with E-state index >= 15 is 0 Å². The fourth-order valence-electron chi connectivity index (χ4n) is 1.71. The third-order valence-corrected chi connectivity index (χ3v) is 3.59. The van der Waals surface area contributed by atoms with Gasteiger partial charge in [-0.15, -0.1) is 24.0 Å². The normalized spacial score (nSPS) is 12.6. The van der Waals surface area contributed by atoms with Gasteiger partial charge in [0.15, 0.2) is 11.8 Å². The first-order valence-corrected chi connectivity index (χ1v) is 7.39. The lowest BCUT2D eigenvalue weighted by molar-refractivity contribution is 0.371. The number of aryl methyl sites for hydroxylation is 1. The van der Waals surface area contributed by atoms with E-state index in [1.165, 1.54) is 5.56 Å². The van der Waals surface area contributed by atoms with E-state index in [2.05, 4.69) is 49.5 Å². The first-order chi connectivity index (χ1) is 9.69. The SMILES string of the molecule is CN=C(NCc1nc(C)no1)NCC(C)c1ccsc1.I. The Labute approximate surface area is 145 Å². The van der Waals surface area contributed by atoms with Crippen molar-refractivity contribution in [2.75, 3.05) is 13.6 Å². The number of halogens is 1. The Balaban J connectivity index is 0.00000220. The molecule has 0 bridgehead atoms. The first-order valence-electron chi connectivity index (χ1n) is 6.45. The third kappa shape index (κ3) is 5.62. The molecule has 0 aliphatic carbocycles. The molecule has 0 radical (unpaired) electrons. The molecule has 2 aromatic rings. The monoisotopic (exact) mass is 421 g/mol. The van der Waals surface area contributed by atoms with Crippen LogP contribution >= 0.6 is 35.3 Å². The highest BCUT2D eigenvalue weighted by Gasteiger charge is 2.08. The second-order valence-electron chi connectivity index (χ2n) is 4.50. The molecule has 2 rings (SSSR count). The van der Waals surface area contributed by atoms with Crippen LogP contribution in [0.4, 0.5) is 0 Å².